The highest BCUT2D eigenvalue weighted by Crippen LogP contribution is 2.28. The Bertz CT molecular complexity index is 395. The number of hydrogen-bond donors (Lipinski definition) is 1. The molecule has 0 radical (unpaired) electrons. The van der Waals surface area contributed by atoms with Gasteiger partial charge in [-0.05, 0) is 38.8 Å². The van der Waals surface area contributed by atoms with Crippen molar-refractivity contribution in [1.29, 1.82) is 0 Å². The number of hydrogen-bond acceptors (Lipinski definition) is 3. The Morgan fingerprint density at radius 2 is 2.33 bits per heavy atom. The highest BCUT2D eigenvalue weighted by molar-refractivity contribution is 5.11. The molecule has 3 unspecified atom stereocenters. The Morgan fingerprint density at radius 3 is 2.94 bits per heavy atom. The van der Waals surface area contributed by atoms with Gasteiger partial charge >= 0.3 is 0 Å². The van der Waals surface area contributed by atoms with E-state index in [1.54, 1.807) is 6.07 Å². The lowest BCUT2D eigenvalue weighted by molar-refractivity contribution is 0.0430. The predicted octanol–water partition coefficient (Wildman–Crippen LogP) is 2.83. The Hall–Kier alpha value is -1.00. The fourth-order valence-corrected chi connectivity index (χ4v) is 2.43. The van der Waals surface area contributed by atoms with Gasteiger partial charge in [0.25, 0.3) is 0 Å². The SMILES string of the molecule is CCC1(C)CCOC(c2ccc(F)cn2)C(C)N1. The molecule has 0 saturated carbocycles. The molecule has 0 aliphatic carbocycles. The van der Waals surface area contributed by atoms with Crippen LogP contribution in [0.15, 0.2) is 18.3 Å². The van der Waals surface area contributed by atoms with Crippen molar-refractivity contribution in [3.05, 3.63) is 29.8 Å². The van der Waals surface area contributed by atoms with E-state index in [1.807, 2.05) is 0 Å². The van der Waals surface area contributed by atoms with Crippen LogP contribution in [-0.2, 0) is 4.74 Å². The van der Waals surface area contributed by atoms with Crippen molar-refractivity contribution in [3.63, 3.8) is 0 Å². The lowest BCUT2D eigenvalue weighted by atomic mass is 9.94. The van der Waals surface area contributed by atoms with Crippen LogP contribution in [0, 0.1) is 5.82 Å². The summed E-state index contributed by atoms with van der Waals surface area (Å²) < 4.78 is 18.8. The molecule has 0 amide bonds. The molecule has 3 nitrogen and oxygen atoms in total. The molecule has 3 atom stereocenters. The third-order valence-electron chi connectivity index (χ3n) is 3.80. The number of rotatable bonds is 2. The van der Waals surface area contributed by atoms with E-state index < -0.39 is 0 Å². The van der Waals surface area contributed by atoms with Crippen LogP contribution in [-0.4, -0.2) is 23.2 Å². The highest BCUT2D eigenvalue weighted by atomic mass is 19.1. The zero-order valence-electron chi connectivity index (χ0n) is 11.2. The summed E-state index contributed by atoms with van der Waals surface area (Å²) in [6.45, 7) is 7.18. The second kappa shape index (κ2) is 5.33. The molecular formula is C14H21FN2O. The first kappa shape index (κ1) is 13.4. The number of nitrogens with zero attached hydrogens (tertiary/aromatic N) is 1. The van der Waals surface area contributed by atoms with E-state index in [0.717, 1.165) is 18.5 Å². The van der Waals surface area contributed by atoms with E-state index in [1.165, 1.54) is 12.3 Å². The predicted molar refractivity (Wildman–Crippen MR) is 68.8 cm³/mol. The first-order valence-corrected chi connectivity index (χ1v) is 6.55. The van der Waals surface area contributed by atoms with Gasteiger partial charge in [0, 0.05) is 18.2 Å². The van der Waals surface area contributed by atoms with Crippen molar-refractivity contribution in [3.8, 4) is 0 Å². The molecule has 2 rings (SSSR count). The minimum atomic E-state index is -0.314. The largest absolute Gasteiger partial charge is 0.370 e. The van der Waals surface area contributed by atoms with Gasteiger partial charge in [0.2, 0.25) is 0 Å². The maximum Gasteiger partial charge on any atom is 0.141 e. The van der Waals surface area contributed by atoms with Crippen LogP contribution >= 0.6 is 0 Å². The molecule has 0 bridgehead atoms. The van der Waals surface area contributed by atoms with Crippen molar-refractivity contribution in [2.75, 3.05) is 6.61 Å². The molecular weight excluding hydrogens is 231 g/mol. The van der Waals surface area contributed by atoms with Crippen LogP contribution in [0.2, 0.25) is 0 Å². The van der Waals surface area contributed by atoms with E-state index in [2.05, 4.69) is 31.1 Å². The van der Waals surface area contributed by atoms with Crippen LogP contribution in [0.3, 0.4) is 0 Å². The van der Waals surface area contributed by atoms with Gasteiger partial charge in [-0.2, -0.15) is 0 Å². The van der Waals surface area contributed by atoms with Crippen molar-refractivity contribution in [1.82, 2.24) is 10.3 Å². The molecule has 1 aliphatic rings. The lowest BCUT2D eigenvalue weighted by Gasteiger charge is -2.31. The third-order valence-corrected chi connectivity index (χ3v) is 3.80. The van der Waals surface area contributed by atoms with Crippen LogP contribution in [0.5, 0.6) is 0 Å². The summed E-state index contributed by atoms with van der Waals surface area (Å²) in [7, 11) is 0. The smallest absolute Gasteiger partial charge is 0.141 e. The van der Waals surface area contributed by atoms with Crippen molar-refractivity contribution in [2.24, 2.45) is 0 Å². The van der Waals surface area contributed by atoms with E-state index in [-0.39, 0.29) is 23.5 Å². The molecule has 2 heterocycles. The van der Waals surface area contributed by atoms with E-state index in [0.29, 0.717) is 6.61 Å². The Balaban J connectivity index is 2.16. The van der Waals surface area contributed by atoms with Crippen LogP contribution in [0.25, 0.3) is 0 Å². The standard InChI is InChI=1S/C14H21FN2O/c1-4-14(3)7-8-18-13(10(2)17-14)12-6-5-11(15)9-16-12/h5-6,9-10,13,17H,4,7-8H2,1-3H3. The van der Waals surface area contributed by atoms with Crippen LogP contribution in [0.1, 0.15) is 45.4 Å². The van der Waals surface area contributed by atoms with Gasteiger partial charge in [-0.3, -0.25) is 4.98 Å². The molecule has 1 aliphatic heterocycles. The van der Waals surface area contributed by atoms with Gasteiger partial charge in [-0.15, -0.1) is 0 Å². The molecule has 4 heteroatoms. The summed E-state index contributed by atoms with van der Waals surface area (Å²) in [5.41, 5.74) is 0.894. The monoisotopic (exact) mass is 252 g/mol. The van der Waals surface area contributed by atoms with E-state index >= 15 is 0 Å². The van der Waals surface area contributed by atoms with E-state index in [9.17, 15) is 4.39 Å². The summed E-state index contributed by atoms with van der Waals surface area (Å²) in [6.07, 6.45) is 3.17. The first-order chi connectivity index (χ1) is 8.54. The lowest BCUT2D eigenvalue weighted by Crippen LogP contribution is -2.47. The fraction of sp³-hybridized carbons (Fsp3) is 0.643. The second-order valence-electron chi connectivity index (χ2n) is 5.29. The van der Waals surface area contributed by atoms with Gasteiger partial charge in [0.15, 0.2) is 0 Å². The second-order valence-corrected chi connectivity index (χ2v) is 5.29. The Labute approximate surface area is 108 Å². The minimum absolute atomic E-state index is 0.105. The number of halogens is 1. The van der Waals surface area contributed by atoms with E-state index in [4.69, 9.17) is 4.74 Å². The Morgan fingerprint density at radius 1 is 1.56 bits per heavy atom. The number of aromatic nitrogens is 1. The summed E-state index contributed by atoms with van der Waals surface area (Å²) in [6, 6.07) is 3.30. The number of pyridine rings is 1. The molecule has 1 aromatic rings. The maximum atomic E-state index is 12.9. The summed E-state index contributed by atoms with van der Waals surface area (Å²) >= 11 is 0. The topological polar surface area (TPSA) is 34.1 Å². The molecule has 0 aromatic carbocycles. The zero-order valence-corrected chi connectivity index (χ0v) is 11.2. The van der Waals surface area contributed by atoms with Crippen molar-refractivity contribution >= 4 is 0 Å². The average molecular weight is 252 g/mol. The zero-order chi connectivity index (χ0) is 13.2. The summed E-state index contributed by atoms with van der Waals surface area (Å²) in [5, 5.41) is 3.61. The van der Waals surface area contributed by atoms with Crippen LogP contribution < -0.4 is 5.32 Å². The summed E-state index contributed by atoms with van der Waals surface area (Å²) in [4.78, 5) is 4.13. The average Bonchev–Trinajstić information content (AvgIpc) is 2.50. The van der Waals surface area contributed by atoms with Crippen molar-refractivity contribution in [2.45, 2.75) is 51.3 Å². The Kier molecular flexibility index (Phi) is 3.97. The van der Waals surface area contributed by atoms with Gasteiger partial charge in [-0.1, -0.05) is 6.92 Å². The molecule has 1 aromatic heterocycles. The first-order valence-electron chi connectivity index (χ1n) is 6.55. The molecule has 1 fully saturated rings. The highest BCUT2D eigenvalue weighted by Gasteiger charge is 2.32. The van der Waals surface area contributed by atoms with Gasteiger partial charge in [-0.25, -0.2) is 4.39 Å². The number of ether oxygens (including phenoxy) is 1. The normalized spacial score (nSPS) is 33.1. The van der Waals surface area contributed by atoms with Gasteiger partial charge < -0.3 is 10.1 Å². The minimum Gasteiger partial charge on any atom is -0.370 e. The quantitative estimate of drug-likeness (QED) is 0.879. The third kappa shape index (κ3) is 2.87. The molecule has 0 spiro atoms. The summed E-state index contributed by atoms with van der Waals surface area (Å²) in [5.74, 6) is -0.314. The van der Waals surface area contributed by atoms with Gasteiger partial charge in [0.05, 0.1) is 11.9 Å². The molecule has 100 valence electrons. The molecule has 1 N–H and O–H groups in total. The van der Waals surface area contributed by atoms with Crippen molar-refractivity contribution < 1.29 is 9.13 Å². The number of nitrogens with one attached hydrogen (secondary N) is 1. The van der Waals surface area contributed by atoms with Crippen LogP contribution in [0.4, 0.5) is 4.39 Å². The maximum absolute atomic E-state index is 12.9. The van der Waals surface area contributed by atoms with Gasteiger partial charge in [0.1, 0.15) is 11.9 Å². The molecule has 1 saturated heterocycles. The molecule has 18 heavy (non-hydrogen) atoms. The fourth-order valence-electron chi connectivity index (χ4n) is 2.43.